The minimum atomic E-state index is -0.461. The van der Waals surface area contributed by atoms with Crippen molar-refractivity contribution in [3.8, 4) is 0 Å². The van der Waals surface area contributed by atoms with E-state index in [9.17, 15) is 4.79 Å². The molecular weight excluding hydrogens is 215 g/mol. The monoisotopic (exact) mass is 220 g/mol. The average molecular weight is 221 g/mol. The Balaban J connectivity index is 2.99. The van der Waals surface area contributed by atoms with Crippen molar-refractivity contribution >= 4 is 29.1 Å². The van der Waals surface area contributed by atoms with Gasteiger partial charge in [0.2, 0.25) is 0 Å². The molecule has 4 nitrogen and oxygen atoms in total. The molecule has 1 aromatic rings. The van der Waals surface area contributed by atoms with E-state index in [-0.39, 0.29) is 15.7 Å². The lowest BCUT2D eigenvalue weighted by Gasteiger charge is -2.03. The van der Waals surface area contributed by atoms with Crippen molar-refractivity contribution in [3.63, 3.8) is 0 Å². The summed E-state index contributed by atoms with van der Waals surface area (Å²) in [5.41, 5.74) is 2.35. The number of aromatic nitrogens is 1. The number of hydroxylamine groups is 1. The van der Waals surface area contributed by atoms with E-state index in [2.05, 4.69) is 15.3 Å². The summed E-state index contributed by atoms with van der Waals surface area (Å²) in [7, 11) is 1.33. The van der Waals surface area contributed by atoms with Gasteiger partial charge in [0.15, 0.2) is 0 Å². The van der Waals surface area contributed by atoms with E-state index >= 15 is 0 Å². The second-order valence-corrected chi connectivity index (χ2v) is 2.92. The molecule has 6 heteroatoms. The molecule has 0 bridgehead atoms. The van der Waals surface area contributed by atoms with Crippen LogP contribution in [-0.2, 0) is 4.84 Å². The first kappa shape index (κ1) is 10.2. The zero-order valence-corrected chi connectivity index (χ0v) is 8.19. The van der Waals surface area contributed by atoms with E-state index < -0.39 is 5.91 Å². The summed E-state index contributed by atoms with van der Waals surface area (Å²) in [6.45, 7) is 0. The minimum absolute atomic E-state index is 0.200. The third-order valence-corrected chi connectivity index (χ3v) is 1.77. The lowest BCUT2D eigenvalue weighted by atomic mass is 10.2. The second kappa shape index (κ2) is 4.41. The predicted octanol–water partition coefficient (Wildman–Crippen LogP) is 1.68. The van der Waals surface area contributed by atoms with Gasteiger partial charge in [-0.25, -0.2) is 10.5 Å². The molecule has 1 rings (SSSR count). The summed E-state index contributed by atoms with van der Waals surface area (Å²) in [6.07, 6.45) is 1.30. The highest BCUT2D eigenvalue weighted by atomic mass is 35.5. The molecule has 0 aromatic carbocycles. The molecule has 0 fully saturated rings. The Bertz CT molecular complexity index is 330. The standard InChI is InChI=1S/C7H6Cl2N2O2/c1-13-11-7(12)4-2-6(9)10-3-5(4)8/h2-3H,1H3,(H,11,12). The highest BCUT2D eigenvalue weighted by molar-refractivity contribution is 6.35. The first-order valence-electron chi connectivity index (χ1n) is 3.29. The van der Waals surface area contributed by atoms with Crippen molar-refractivity contribution in [2.24, 2.45) is 0 Å². The number of nitrogens with zero attached hydrogens (tertiary/aromatic N) is 1. The number of nitrogens with one attached hydrogen (secondary N) is 1. The Hall–Kier alpha value is -0.840. The van der Waals surface area contributed by atoms with Crippen LogP contribution < -0.4 is 5.48 Å². The van der Waals surface area contributed by atoms with Crippen LogP contribution >= 0.6 is 23.2 Å². The summed E-state index contributed by atoms with van der Waals surface area (Å²) in [6, 6.07) is 1.36. The van der Waals surface area contributed by atoms with Gasteiger partial charge >= 0.3 is 0 Å². The SMILES string of the molecule is CONC(=O)c1cc(Cl)ncc1Cl. The van der Waals surface area contributed by atoms with Gasteiger partial charge in [-0.05, 0) is 6.07 Å². The Kier molecular flexibility index (Phi) is 3.48. The highest BCUT2D eigenvalue weighted by Crippen LogP contribution is 2.17. The lowest BCUT2D eigenvalue weighted by Crippen LogP contribution is -2.22. The molecule has 0 aliphatic heterocycles. The maximum absolute atomic E-state index is 11.2. The molecule has 13 heavy (non-hydrogen) atoms. The first-order chi connectivity index (χ1) is 6.15. The quantitative estimate of drug-likeness (QED) is 0.610. The molecule has 1 aromatic heterocycles. The molecule has 1 N–H and O–H groups in total. The van der Waals surface area contributed by atoms with E-state index in [1.54, 1.807) is 0 Å². The largest absolute Gasteiger partial charge is 0.277 e. The van der Waals surface area contributed by atoms with Crippen molar-refractivity contribution in [3.05, 3.63) is 28.0 Å². The lowest BCUT2D eigenvalue weighted by molar-refractivity contribution is 0.0537. The van der Waals surface area contributed by atoms with Crippen molar-refractivity contribution in [1.29, 1.82) is 0 Å². The van der Waals surface area contributed by atoms with Crippen LogP contribution in [0.25, 0.3) is 0 Å². The highest BCUT2D eigenvalue weighted by Gasteiger charge is 2.10. The van der Waals surface area contributed by atoms with E-state index in [1.807, 2.05) is 0 Å². The Morgan fingerprint density at radius 2 is 2.31 bits per heavy atom. The van der Waals surface area contributed by atoms with Crippen LogP contribution in [0.15, 0.2) is 12.3 Å². The number of hydrogen-bond acceptors (Lipinski definition) is 3. The Morgan fingerprint density at radius 3 is 2.92 bits per heavy atom. The summed E-state index contributed by atoms with van der Waals surface area (Å²) < 4.78 is 0. The zero-order valence-electron chi connectivity index (χ0n) is 6.67. The van der Waals surface area contributed by atoms with Crippen molar-refractivity contribution < 1.29 is 9.63 Å². The number of pyridine rings is 1. The van der Waals surface area contributed by atoms with Gasteiger partial charge in [0.05, 0.1) is 17.7 Å². The van der Waals surface area contributed by atoms with Gasteiger partial charge in [-0.2, -0.15) is 0 Å². The van der Waals surface area contributed by atoms with Crippen LogP contribution in [0.1, 0.15) is 10.4 Å². The molecule has 1 amide bonds. The second-order valence-electron chi connectivity index (χ2n) is 2.12. The van der Waals surface area contributed by atoms with Gasteiger partial charge in [-0.15, -0.1) is 0 Å². The third kappa shape index (κ3) is 2.55. The van der Waals surface area contributed by atoms with Crippen LogP contribution in [-0.4, -0.2) is 18.0 Å². The number of hydrogen-bond donors (Lipinski definition) is 1. The molecule has 0 atom stereocenters. The number of rotatable bonds is 2. The molecule has 70 valence electrons. The van der Waals surface area contributed by atoms with Crippen LogP contribution in [0.4, 0.5) is 0 Å². The van der Waals surface area contributed by atoms with Gasteiger partial charge in [0, 0.05) is 6.20 Å². The van der Waals surface area contributed by atoms with E-state index in [0.717, 1.165) is 0 Å². The van der Waals surface area contributed by atoms with Crippen LogP contribution in [0, 0.1) is 0 Å². The van der Waals surface area contributed by atoms with Crippen LogP contribution in [0.3, 0.4) is 0 Å². The molecule has 1 heterocycles. The van der Waals surface area contributed by atoms with Crippen LogP contribution in [0.5, 0.6) is 0 Å². The van der Waals surface area contributed by atoms with Crippen molar-refractivity contribution in [2.75, 3.05) is 7.11 Å². The van der Waals surface area contributed by atoms with Gasteiger partial charge in [-0.1, -0.05) is 23.2 Å². The van der Waals surface area contributed by atoms with E-state index in [1.165, 1.54) is 19.4 Å². The number of amides is 1. The molecule has 0 aliphatic rings. The molecule has 0 saturated heterocycles. The normalized spacial score (nSPS) is 9.77. The van der Waals surface area contributed by atoms with Gasteiger partial charge in [0.25, 0.3) is 5.91 Å². The topological polar surface area (TPSA) is 51.2 Å². The summed E-state index contributed by atoms with van der Waals surface area (Å²) in [5.74, 6) is -0.461. The third-order valence-electron chi connectivity index (χ3n) is 1.26. The van der Waals surface area contributed by atoms with Gasteiger partial charge < -0.3 is 0 Å². The fraction of sp³-hybridized carbons (Fsp3) is 0.143. The summed E-state index contributed by atoms with van der Waals surface area (Å²) in [5, 5.41) is 0.421. The zero-order chi connectivity index (χ0) is 9.84. The number of carbonyl (C=O) groups excluding carboxylic acids is 1. The van der Waals surface area contributed by atoms with E-state index in [0.29, 0.717) is 0 Å². The minimum Gasteiger partial charge on any atom is -0.277 e. The Labute approximate surface area is 84.8 Å². The molecular formula is C7H6Cl2N2O2. The smallest absolute Gasteiger partial charge is 0.276 e. The van der Waals surface area contributed by atoms with Gasteiger partial charge in [0.1, 0.15) is 5.15 Å². The maximum Gasteiger partial charge on any atom is 0.276 e. The molecule has 0 saturated carbocycles. The average Bonchev–Trinajstić information content (AvgIpc) is 2.09. The molecule has 0 spiro atoms. The molecule has 0 unspecified atom stereocenters. The van der Waals surface area contributed by atoms with Crippen LogP contribution in [0.2, 0.25) is 10.2 Å². The molecule has 0 radical (unpaired) electrons. The number of halogens is 2. The fourth-order valence-corrected chi connectivity index (χ4v) is 1.08. The van der Waals surface area contributed by atoms with Gasteiger partial charge in [-0.3, -0.25) is 9.63 Å². The molecule has 0 aliphatic carbocycles. The van der Waals surface area contributed by atoms with E-state index in [4.69, 9.17) is 23.2 Å². The maximum atomic E-state index is 11.2. The van der Waals surface area contributed by atoms with Crippen molar-refractivity contribution in [2.45, 2.75) is 0 Å². The first-order valence-corrected chi connectivity index (χ1v) is 4.05. The predicted molar refractivity (Wildman–Crippen MR) is 48.7 cm³/mol. The van der Waals surface area contributed by atoms with Crippen molar-refractivity contribution in [1.82, 2.24) is 10.5 Å². The Morgan fingerprint density at radius 1 is 1.62 bits per heavy atom. The number of carbonyl (C=O) groups is 1. The fourth-order valence-electron chi connectivity index (χ4n) is 0.735. The summed E-state index contributed by atoms with van der Waals surface area (Å²) >= 11 is 11.3. The summed E-state index contributed by atoms with van der Waals surface area (Å²) in [4.78, 5) is 19.3.